The molecule has 172 valence electrons. The van der Waals surface area contributed by atoms with Crippen LogP contribution in [0.1, 0.15) is 30.9 Å². The van der Waals surface area contributed by atoms with Crippen LogP contribution in [0.5, 0.6) is 5.75 Å². The fourth-order valence-corrected chi connectivity index (χ4v) is 4.86. The number of benzene rings is 2. The molecule has 4 rings (SSSR count). The number of nitrogens with one attached hydrogen (secondary N) is 2. The van der Waals surface area contributed by atoms with Crippen LogP contribution < -0.4 is 20.3 Å². The highest BCUT2D eigenvalue weighted by molar-refractivity contribution is 5.79. The minimum atomic E-state index is 0.335. The number of hydrogen-bond acceptors (Lipinski definition) is 4. The largest absolute Gasteiger partial charge is 0.497 e. The van der Waals surface area contributed by atoms with E-state index in [-0.39, 0.29) is 0 Å². The molecule has 0 amide bonds. The van der Waals surface area contributed by atoms with Gasteiger partial charge >= 0.3 is 0 Å². The number of nitrogens with zero attached hydrogens (tertiary/aromatic N) is 3. The topological polar surface area (TPSA) is 52.1 Å². The second-order valence-electron chi connectivity index (χ2n) is 8.80. The monoisotopic (exact) mass is 435 g/mol. The molecule has 2 aliphatic heterocycles. The smallest absolute Gasteiger partial charge is 0.191 e. The van der Waals surface area contributed by atoms with Gasteiger partial charge < -0.3 is 20.3 Å². The van der Waals surface area contributed by atoms with Gasteiger partial charge in [-0.05, 0) is 68.1 Å². The Balaban J connectivity index is 1.30. The summed E-state index contributed by atoms with van der Waals surface area (Å²) in [5.74, 6) is 2.42. The third kappa shape index (κ3) is 5.74. The number of para-hydroxylation sites is 1. The summed E-state index contributed by atoms with van der Waals surface area (Å²) in [4.78, 5) is 9.55. The van der Waals surface area contributed by atoms with E-state index in [2.05, 4.69) is 80.0 Å². The molecule has 2 fully saturated rings. The number of likely N-dealkylation sites (tertiary alicyclic amines) is 1. The Kier molecular flexibility index (Phi) is 7.88. The third-order valence-corrected chi connectivity index (χ3v) is 6.73. The molecule has 2 heterocycles. The molecule has 2 atom stereocenters. The van der Waals surface area contributed by atoms with Gasteiger partial charge in [0.05, 0.1) is 13.2 Å². The first kappa shape index (κ1) is 22.5. The third-order valence-electron chi connectivity index (χ3n) is 6.73. The van der Waals surface area contributed by atoms with Gasteiger partial charge in [-0.1, -0.05) is 30.3 Å². The molecule has 2 aliphatic rings. The standard InChI is InChI=1S/C26H37N5O/c1-27-26(28-18-21-14-17-31(20-21)23-8-4-3-5-9-23)29-19-25(30-15-6-7-16-30)22-10-12-24(32-2)13-11-22/h3-5,8-13,21,25H,6-7,14-20H2,1-2H3,(H2,27,28,29). The summed E-state index contributed by atoms with van der Waals surface area (Å²) < 4.78 is 5.34. The SMILES string of the molecule is CN=C(NCC1CCN(c2ccccc2)C1)NCC(c1ccc(OC)cc1)N1CCCC1. The van der Waals surface area contributed by atoms with Gasteiger partial charge in [-0.15, -0.1) is 0 Å². The van der Waals surface area contributed by atoms with E-state index in [4.69, 9.17) is 4.74 Å². The van der Waals surface area contributed by atoms with Gasteiger partial charge in [-0.3, -0.25) is 9.89 Å². The van der Waals surface area contributed by atoms with Crippen molar-refractivity contribution >= 4 is 11.6 Å². The minimum Gasteiger partial charge on any atom is -0.497 e. The number of hydrogen-bond donors (Lipinski definition) is 2. The summed E-state index contributed by atoms with van der Waals surface area (Å²) in [5.41, 5.74) is 2.65. The van der Waals surface area contributed by atoms with Gasteiger partial charge in [-0.25, -0.2) is 0 Å². The van der Waals surface area contributed by atoms with Gasteiger partial charge in [0.15, 0.2) is 5.96 Å². The Labute approximate surface area is 192 Å². The van der Waals surface area contributed by atoms with Crippen molar-refractivity contribution in [3.63, 3.8) is 0 Å². The first-order valence-electron chi connectivity index (χ1n) is 11.9. The zero-order chi connectivity index (χ0) is 22.2. The van der Waals surface area contributed by atoms with Crippen molar-refractivity contribution in [3.8, 4) is 5.75 Å². The van der Waals surface area contributed by atoms with Crippen molar-refractivity contribution in [2.45, 2.75) is 25.3 Å². The molecule has 0 saturated carbocycles. The lowest BCUT2D eigenvalue weighted by Gasteiger charge is -2.29. The molecule has 0 aromatic heterocycles. The normalized spacial score (nSPS) is 20.4. The van der Waals surface area contributed by atoms with Crippen LogP contribution in [0.4, 0.5) is 5.69 Å². The zero-order valence-corrected chi connectivity index (χ0v) is 19.5. The van der Waals surface area contributed by atoms with Crippen LogP contribution in [0, 0.1) is 5.92 Å². The molecule has 0 aliphatic carbocycles. The maximum atomic E-state index is 5.34. The summed E-state index contributed by atoms with van der Waals surface area (Å²) in [6.45, 7) is 6.31. The number of ether oxygens (including phenoxy) is 1. The van der Waals surface area contributed by atoms with Crippen molar-refractivity contribution in [2.75, 3.05) is 58.3 Å². The van der Waals surface area contributed by atoms with Gasteiger partial charge in [-0.2, -0.15) is 0 Å². The Morgan fingerprint density at radius 1 is 1.03 bits per heavy atom. The highest BCUT2D eigenvalue weighted by Crippen LogP contribution is 2.26. The lowest BCUT2D eigenvalue weighted by Crippen LogP contribution is -2.44. The molecule has 32 heavy (non-hydrogen) atoms. The molecule has 0 radical (unpaired) electrons. The van der Waals surface area contributed by atoms with Crippen LogP contribution in [0.25, 0.3) is 0 Å². The Morgan fingerprint density at radius 3 is 2.47 bits per heavy atom. The molecule has 2 saturated heterocycles. The maximum Gasteiger partial charge on any atom is 0.191 e. The number of aliphatic imine (C=N–C) groups is 1. The number of methoxy groups -OCH3 is 1. The second-order valence-corrected chi connectivity index (χ2v) is 8.80. The van der Waals surface area contributed by atoms with E-state index in [1.165, 1.54) is 30.5 Å². The van der Waals surface area contributed by atoms with Gasteiger partial charge in [0.2, 0.25) is 0 Å². The lowest BCUT2D eigenvalue weighted by molar-refractivity contribution is 0.245. The zero-order valence-electron chi connectivity index (χ0n) is 19.5. The van der Waals surface area contributed by atoms with Gasteiger partial charge in [0.1, 0.15) is 5.75 Å². The predicted octanol–water partition coefficient (Wildman–Crippen LogP) is 3.52. The van der Waals surface area contributed by atoms with Crippen LogP contribution in [0.2, 0.25) is 0 Å². The Hall–Kier alpha value is -2.73. The first-order chi connectivity index (χ1) is 15.8. The van der Waals surface area contributed by atoms with Crippen molar-refractivity contribution in [3.05, 3.63) is 60.2 Å². The van der Waals surface area contributed by atoms with Crippen LogP contribution in [0.3, 0.4) is 0 Å². The van der Waals surface area contributed by atoms with E-state index in [0.29, 0.717) is 12.0 Å². The minimum absolute atomic E-state index is 0.335. The summed E-state index contributed by atoms with van der Waals surface area (Å²) in [7, 11) is 3.58. The molecule has 6 heteroatoms. The molecule has 2 aromatic rings. The van der Waals surface area contributed by atoms with Crippen molar-refractivity contribution in [2.24, 2.45) is 10.9 Å². The van der Waals surface area contributed by atoms with E-state index in [9.17, 15) is 0 Å². The Morgan fingerprint density at radius 2 is 1.78 bits per heavy atom. The van der Waals surface area contributed by atoms with Crippen LogP contribution in [0.15, 0.2) is 59.6 Å². The predicted molar refractivity (Wildman–Crippen MR) is 133 cm³/mol. The molecule has 2 unspecified atom stereocenters. The molecule has 0 spiro atoms. The van der Waals surface area contributed by atoms with Crippen molar-refractivity contribution in [1.82, 2.24) is 15.5 Å². The molecule has 2 aromatic carbocycles. The molecule has 0 bridgehead atoms. The highest BCUT2D eigenvalue weighted by atomic mass is 16.5. The molecular weight excluding hydrogens is 398 g/mol. The maximum absolute atomic E-state index is 5.34. The molecular formula is C26H37N5O. The van der Waals surface area contributed by atoms with Gasteiger partial charge in [0.25, 0.3) is 0 Å². The lowest BCUT2D eigenvalue weighted by atomic mass is 10.1. The molecule has 2 N–H and O–H groups in total. The number of anilines is 1. The fourth-order valence-electron chi connectivity index (χ4n) is 4.86. The number of rotatable bonds is 8. The average Bonchev–Trinajstić information content (AvgIpc) is 3.55. The van der Waals surface area contributed by atoms with E-state index >= 15 is 0 Å². The summed E-state index contributed by atoms with van der Waals surface area (Å²) in [6, 6.07) is 19.6. The quantitative estimate of drug-likeness (QED) is 0.491. The number of guanidine groups is 1. The van der Waals surface area contributed by atoms with Crippen molar-refractivity contribution in [1.29, 1.82) is 0 Å². The van der Waals surface area contributed by atoms with Crippen LogP contribution in [-0.2, 0) is 0 Å². The second kappa shape index (κ2) is 11.2. The summed E-state index contributed by atoms with van der Waals surface area (Å²) >= 11 is 0. The first-order valence-corrected chi connectivity index (χ1v) is 11.9. The highest BCUT2D eigenvalue weighted by Gasteiger charge is 2.25. The fraction of sp³-hybridized carbons (Fsp3) is 0.500. The van der Waals surface area contributed by atoms with Crippen LogP contribution in [-0.4, -0.2) is 64.3 Å². The van der Waals surface area contributed by atoms with Crippen molar-refractivity contribution < 1.29 is 4.74 Å². The Bertz CT molecular complexity index is 848. The van der Waals surface area contributed by atoms with E-state index in [0.717, 1.165) is 51.0 Å². The molecule has 6 nitrogen and oxygen atoms in total. The van der Waals surface area contributed by atoms with E-state index in [1.807, 2.05) is 7.05 Å². The van der Waals surface area contributed by atoms with E-state index in [1.54, 1.807) is 7.11 Å². The van der Waals surface area contributed by atoms with Gasteiger partial charge in [0, 0.05) is 38.9 Å². The summed E-state index contributed by atoms with van der Waals surface area (Å²) in [5, 5.41) is 7.17. The van der Waals surface area contributed by atoms with E-state index < -0.39 is 0 Å². The van der Waals surface area contributed by atoms with Crippen LogP contribution >= 0.6 is 0 Å². The summed E-state index contributed by atoms with van der Waals surface area (Å²) in [6.07, 6.45) is 3.76. The average molecular weight is 436 g/mol.